The van der Waals surface area contributed by atoms with Crippen LogP contribution in [0, 0.1) is 0 Å². The lowest BCUT2D eigenvalue weighted by molar-refractivity contribution is -0.129. The maximum Gasteiger partial charge on any atom is 0.264 e. The minimum atomic E-state index is -2.04. The highest BCUT2D eigenvalue weighted by Crippen LogP contribution is 2.42. The van der Waals surface area contributed by atoms with Crippen molar-refractivity contribution in [3.8, 4) is 0 Å². The van der Waals surface area contributed by atoms with Crippen LogP contribution in [0.15, 0.2) is 24.3 Å². The SMILES string of the molecule is CC(=O)N1C(=O)c2ccccc2N(C(C)=O)C1C(Cl)(Cl)Cl. The van der Waals surface area contributed by atoms with Gasteiger partial charge in [-0.15, -0.1) is 0 Å². The standard InChI is InChI=1S/C13H11Cl3N2O3/c1-7(19)17-10-6-4-3-5-9(10)11(21)18(8(2)20)12(17)13(14,15)16/h3-6,12H,1-2H3. The fourth-order valence-corrected chi connectivity index (χ4v) is 2.89. The first-order valence-electron chi connectivity index (χ1n) is 5.96. The molecule has 0 aromatic heterocycles. The molecule has 1 atom stereocenters. The summed E-state index contributed by atoms with van der Waals surface area (Å²) in [7, 11) is 0. The van der Waals surface area contributed by atoms with E-state index >= 15 is 0 Å². The van der Waals surface area contributed by atoms with Gasteiger partial charge in [0.05, 0.1) is 11.3 Å². The third-order valence-electron chi connectivity index (χ3n) is 3.07. The van der Waals surface area contributed by atoms with Crippen LogP contribution in [0.5, 0.6) is 0 Å². The average molecular weight is 350 g/mol. The number of alkyl halides is 3. The number of halogens is 3. The van der Waals surface area contributed by atoms with Crippen molar-refractivity contribution >= 4 is 58.2 Å². The minimum Gasteiger partial charge on any atom is -0.286 e. The van der Waals surface area contributed by atoms with Crippen LogP contribution in [0.2, 0.25) is 0 Å². The zero-order valence-electron chi connectivity index (χ0n) is 11.1. The Morgan fingerprint density at radius 1 is 1.05 bits per heavy atom. The number of rotatable bonds is 0. The average Bonchev–Trinajstić information content (AvgIpc) is 2.36. The van der Waals surface area contributed by atoms with Gasteiger partial charge in [-0.1, -0.05) is 46.9 Å². The molecule has 3 amide bonds. The van der Waals surface area contributed by atoms with Crippen molar-refractivity contribution in [2.45, 2.75) is 23.8 Å². The maximum absolute atomic E-state index is 12.5. The van der Waals surface area contributed by atoms with Crippen LogP contribution in [-0.4, -0.2) is 32.6 Å². The first-order valence-corrected chi connectivity index (χ1v) is 7.09. The molecular formula is C13H11Cl3N2O3. The van der Waals surface area contributed by atoms with E-state index in [2.05, 4.69) is 0 Å². The molecule has 0 saturated heterocycles. The normalized spacial score (nSPS) is 18.5. The fourth-order valence-electron chi connectivity index (χ4n) is 2.30. The molecule has 1 aromatic carbocycles. The highest BCUT2D eigenvalue weighted by atomic mass is 35.6. The lowest BCUT2D eigenvalue weighted by Gasteiger charge is -2.45. The molecule has 0 bridgehead atoms. The quantitative estimate of drug-likeness (QED) is 0.677. The number of para-hydroxylation sites is 1. The molecule has 0 saturated carbocycles. The maximum atomic E-state index is 12.5. The van der Waals surface area contributed by atoms with Gasteiger partial charge in [-0.3, -0.25) is 24.2 Å². The van der Waals surface area contributed by atoms with E-state index < -0.39 is 27.7 Å². The number of nitrogens with zero attached hydrogens (tertiary/aromatic N) is 2. The largest absolute Gasteiger partial charge is 0.286 e. The first-order chi connectivity index (χ1) is 9.66. The molecule has 1 aromatic rings. The summed E-state index contributed by atoms with van der Waals surface area (Å²) in [6.07, 6.45) is -1.33. The van der Waals surface area contributed by atoms with Gasteiger partial charge in [-0.2, -0.15) is 0 Å². The molecule has 21 heavy (non-hydrogen) atoms. The third-order valence-corrected chi connectivity index (χ3v) is 3.66. The summed E-state index contributed by atoms with van der Waals surface area (Å²) in [4.78, 5) is 38.2. The molecule has 0 fully saturated rings. The molecule has 0 spiro atoms. The minimum absolute atomic E-state index is 0.202. The Morgan fingerprint density at radius 2 is 1.57 bits per heavy atom. The Balaban J connectivity index is 2.74. The van der Waals surface area contributed by atoms with Crippen LogP contribution in [0.4, 0.5) is 5.69 Å². The van der Waals surface area contributed by atoms with Crippen molar-refractivity contribution < 1.29 is 14.4 Å². The summed E-state index contributed by atoms with van der Waals surface area (Å²) in [5, 5.41) is 0. The highest BCUT2D eigenvalue weighted by molar-refractivity contribution is 6.68. The van der Waals surface area contributed by atoms with E-state index in [9.17, 15) is 14.4 Å². The Bertz CT molecular complexity index is 627. The van der Waals surface area contributed by atoms with Gasteiger partial charge in [0.25, 0.3) is 5.91 Å². The van der Waals surface area contributed by atoms with Gasteiger partial charge in [0.2, 0.25) is 15.6 Å². The summed E-state index contributed by atoms with van der Waals surface area (Å²) in [6, 6.07) is 6.36. The van der Waals surface area contributed by atoms with Gasteiger partial charge in [0.15, 0.2) is 6.17 Å². The Kier molecular flexibility index (Phi) is 4.19. The zero-order valence-corrected chi connectivity index (χ0v) is 13.4. The second-order valence-corrected chi connectivity index (χ2v) is 6.88. The Hall–Kier alpha value is -1.30. The van der Waals surface area contributed by atoms with E-state index in [0.29, 0.717) is 5.69 Å². The van der Waals surface area contributed by atoms with Crippen LogP contribution in [-0.2, 0) is 9.59 Å². The summed E-state index contributed by atoms with van der Waals surface area (Å²) >= 11 is 17.7. The molecule has 8 heteroatoms. The molecule has 1 aliphatic rings. The van der Waals surface area contributed by atoms with E-state index in [4.69, 9.17) is 34.8 Å². The van der Waals surface area contributed by atoms with E-state index in [0.717, 1.165) is 9.80 Å². The molecule has 0 N–H and O–H groups in total. The second-order valence-electron chi connectivity index (χ2n) is 4.52. The molecule has 1 aliphatic heterocycles. The van der Waals surface area contributed by atoms with E-state index in [1.54, 1.807) is 18.2 Å². The van der Waals surface area contributed by atoms with Crippen LogP contribution in [0.3, 0.4) is 0 Å². The molecular weight excluding hydrogens is 339 g/mol. The van der Waals surface area contributed by atoms with Crippen molar-refractivity contribution in [1.82, 2.24) is 4.90 Å². The number of benzene rings is 1. The molecule has 5 nitrogen and oxygen atoms in total. The summed E-state index contributed by atoms with van der Waals surface area (Å²) in [5.41, 5.74) is 0.511. The lowest BCUT2D eigenvalue weighted by atomic mass is 10.1. The van der Waals surface area contributed by atoms with E-state index in [1.165, 1.54) is 19.9 Å². The third kappa shape index (κ3) is 2.73. The van der Waals surface area contributed by atoms with Gasteiger partial charge in [0.1, 0.15) is 0 Å². The van der Waals surface area contributed by atoms with Crippen molar-refractivity contribution in [2.24, 2.45) is 0 Å². The topological polar surface area (TPSA) is 57.7 Å². The van der Waals surface area contributed by atoms with E-state index in [-0.39, 0.29) is 5.56 Å². The van der Waals surface area contributed by atoms with Crippen molar-refractivity contribution in [3.05, 3.63) is 29.8 Å². The molecule has 0 radical (unpaired) electrons. The predicted molar refractivity (Wildman–Crippen MR) is 80.5 cm³/mol. The number of anilines is 1. The zero-order chi connectivity index (χ0) is 15.9. The molecule has 112 valence electrons. The smallest absolute Gasteiger partial charge is 0.264 e. The Morgan fingerprint density at radius 3 is 2.05 bits per heavy atom. The summed E-state index contributed by atoms with van der Waals surface area (Å²) in [5.74, 6) is -1.67. The van der Waals surface area contributed by atoms with Gasteiger partial charge in [-0.25, -0.2) is 0 Å². The van der Waals surface area contributed by atoms with Gasteiger partial charge < -0.3 is 0 Å². The highest BCUT2D eigenvalue weighted by Gasteiger charge is 2.51. The van der Waals surface area contributed by atoms with Crippen molar-refractivity contribution in [2.75, 3.05) is 4.90 Å². The van der Waals surface area contributed by atoms with Crippen LogP contribution in [0.1, 0.15) is 24.2 Å². The number of imide groups is 1. The Labute approximate surface area is 136 Å². The number of carbonyl (C=O) groups excluding carboxylic acids is 3. The van der Waals surface area contributed by atoms with Crippen LogP contribution < -0.4 is 4.90 Å². The van der Waals surface area contributed by atoms with Gasteiger partial charge in [-0.05, 0) is 12.1 Å². The van der Waals surface area contributed by atoms with E-state index in [1.807, 2.05) is 0 Å². The fraction of sp³-hybridized carbons (Fsp3) is 0.308. The second kappa shape index (κ2) is 5.48. The molecule has 0 aliphatic carbocycles. The van der Waals surface area contributed by atoms with Crippen molar-refractivity contribution in [1.29, 1.82) is 0 Å². The number of hydrogen-bond acceptors (Lipinski definition) is 3. The van der Waals surface area contributed by atoms with Crippen molar-refractivity contribution in [3.63, 3.8) is 0 Å². The summed E-state index contributed by atoms with van der Waals surface area (Å²) in [6.45, 7) is 2.45. The first kappa shape index (κ1) is 16.1. The number of carbonyl (C=O) groups is 3. The number of hydrogen-bond donors (Lipinski definition) is 0. The summed E-state index contributed by atoms with van der Waals surface area (Å²) < 4.78 is -2.04. The van der Waals surface area contributed by atoms with Crippen LogP contribution in [0.25, 0.3) is 0 Å². The predicted octanol–water partition coefficient (Wildman–Crippen LogP) is 2.74. The van der Waals surface area contributed by atoms with Crippen LogP contribution >= 0.6 is 34.8 Å². The molecule has 2 rings (SSSR count). The lowest BCUT2D eigenvalue weighted by Crippen LogP contribution is -2.63. The number of fused-ring (bicyclic) bond motifs is 1. The van der Waals surface area contributed by atoms with Gasteiger partial charge in [0, 0.05) is 13.8 Å². The van der Waals surface area contributed by atoms with Gasteiger partial charge >= 0.3 is 0 Å². The molecule has 1 unspecified atom stereocenters. The molecule has 1 heterocycles. The monoisotopic (exact) mass is 348 g/mol. The number of amides is 3.